The molecule has 0 radical (unpaired) electrons. The smallest absolute Gasteiger partial charge is 0.262 e. The Morgan fingerprint density at radius 2 is 1.64 bits per heavy atom. The SMILES string of the molecule is CC(=O)Nc1ccc(NC(=O)COc2cccc3cccnc23)cc1. The third-order valence-corrected chi connectivity index (χ3v) is 3.44. The molecule has 0 bridgehead atoms. The Morgan fingerprint density at radius 3 is 2.36 bits per heavy atom. The first-order chi connectivity index (χ1) is 12.1. The van der Waals surface area contributed by atoms with Crippen LogP contribution < -0.4 is 15.4 Å². The van der Waals surface area contributed by atoms with Gasteiger partial charge in [-0.3, -0.25) is 14.6 Å². The molecule has 0 spiro atoms. The van der Waals surface area contributed by atoms with Crippen LogP contribution in [0.3, 0.4) is 0 Å². The second-order valence-electron chi connectivity index (χ2n) is 5.43. The maximum Gasteiger partial charge on any atom is 0.262 e. The van der Waals surface area contributed by atoms with Crippen LogP contribution in [0.5, 0.6) is 5.75 Å². The standard InChI is InChI=1S/C19H17N3O3/c1-13(23)21-15-7-9-16(10-8-15)22-18(24)12-25-17-6-2-4-14-5-3-11-20-19(14)17/h2-11H,12H2,1H3,(H,21,23)(H,22,24). The fraction of sp³-hybridized carbons (Fsp3) is 0.105. The Hall–Kier alpha value is -3.41. The Kier molecular flexibility index (Phi) is 4.89. The predicted molar refractivity (Wildman–Crippen MR) is 96.6 cm³/mol. The molecule has 6 nitrogen and oxygen atoms in total. The molecule has 2 N–H and O–H groups in total. The monoisotopic (exact) mass is 335 g/mol. The maximum atomic E-state index is 12.1. The lowest BCUT2D eigenvalue weighted by molar-refractivity contribution is -0.118. The lowest BCUT2D eigenvalue weighted by Gasteiger charge is -2.10. The van der Waals surface area contributed by atoms with Gasteiger partial charge in [0.15, 0.2) is 6.61 Å². The first-order valence-electron chi connectivity index (χ1n) is 7.76. The second kappa shape index (κ2) is 7.44. The number of para-hydroxylation sites is 1. The van der Waals surface area contributed by atoms with E-state index >= 15 is 0 Å². The molecule has 1 aromatic heterocycles. The molecule has 25 heavy (non-hydrogen) atoms. The summed E-state index contributed by atoms with van der Waals surface area (Å²) in [5.41, 5.74) is 2.01. The second-order valence-corrected chi connectivity index (χ2v) is 5.43. The van der Waals surface area contributed by atoms with Crippen LogP contribution in [-0.2, 0) is 9.59 Å². The fourth-order valence-corrected chi connectivity index (χ4v) is 2.37. The van der Waals surface area contributed by atoms with Gasteiger partial charge in [-0.2, -0.15) is 0 Å². The number of pyridine rings is 1. The minimum Gasteiger partial charge on any atom is -0.481 e. The molecule has 3 aromatic rings. The van der Waals surface area contributed by atoms with E-state index in [1.807, 2.05) is 24.3 Å². The summed E-state index contributed by atoms with van der Waals surface area (Å²) in [6.07, 6.45) is 1.69. The van der Waals surface area contributed by atoms with E-state index in [-0.39, 0.29) is 18.4 Å². The van der Waals surface area contributed by atoms with Gasteiger partial charge >= 0.3 is 0 Å². The van der Waals surface area contributed by atoms with Gasteiger partial charge in [0.1, 0.15) is 11.3 Å². The summed E-state index contributed by atoms with van der Waals surface area (Å²) >= 11 is 0. The largest absolute Gasteiger partial charge is 0.481 e. The van der Waals surface area contributed by atoms with Gasteiger partial charge in [0.2, 0.25) is 5.91 Å². The van der Waals surface area contributed by atoms with Crippen LogP contribution in [0.2, 0.25) is 0 Å². The number of benzene rings is 2. The van der Waals surface area contributed by atoms with E-state index in [9.17, 15) is 9.59 Å². The number of carbonyl (C=O) groups excluding carboxylic acids is 2. The molecule has 0 fully saturated rings. The summed E-state index contributed by atoms with van der Waals surface area (Å²) in [6, 6.07) is 16.2. The van der Waals surface area contributed by atoms with Crippen molar-refractivity contribution in [3.05, 3.63) is 60.8 Å². The molecule has 0 saturated carbocycles. The molecule has 0 saturated heterocycles. The summed E-state index contributed by atoms with van der Waals surface area (Å²) in [4.78, 5) is 27.3. The number of rotatable bonds is 5. The lowest BCUT2D eigenvalue weighted by atomic mass is 10.2. The zero-order valence-electron chi connectivity index (χ0n) is 13.7. The minimum absolute atomic E-state index is 0.122. The summed E-state index contributed by atoms with van der Waals surface area (Å²) < 4.78 is 5.60. The van der Waals surface area contributed by atoms with Gasteiger partial charge in [0.25, 0.3) is 5.91 Å². The first kappa shape index (κ1) is 16.4. The van der Waals surface area contributed by atoms with E-state index in [2.05, 4.69) is 15.6 Å². The van der Waals surface area contributed by atoms with Crippen LogP contribution in [0.15, 0.2) is 60.8 Å². The van der Waals surface area contributed by atoms with E-state index < -0.39 is 0 Å². The quantitative estimate of drug-likeness (QED) is 0.750. The van der Waals surface area contributed by atoms with Crippen molar-refractivity contribution in [3.8, 4) is 5.75 Å². The van der Waals surface area contributed by atoms with E-state index in [1.165, 1.54) is 6.92 Å². The van der Waals surface area contributed by atoms with Crippen molar-refractivity contribution in [2.45, 2.75) is 6.92 Å². The van der Waals surface area contributed by atoms with Crippen LogP contribution in [0.25, 0.3) is 10.9 Å². The highest BCUT2D eigenvalue weighted by atomic mass is 16.5. The van der Waals surface area contributed by atoms with Crippen LogP contribution >= 0.6 is 0 Å². The number of hydrogen-bond acceptors (Lipinski definition) is 4. The van der Waals surface area contributed by atoms with Crippen molar-refractivity contribution in [1.82, 2.24) is 4.98 Å². The number of carbonyl (C=O) groups is 2. The molecule has 2 aromatic carbocycles. The first-order valence-corrected chi connectivity index (χ1v) is 7.76. The van der Waals surface area contributed by atoms with Crippen LogP contribution in [0.1, 0.15) is 6.92 Å². The Balaban J connectivity index is 1.60. The van der Waals surface area contributed by atoms with Crippen molar-refractivity contribution < 1.29 is 14.3 Å². The number of hydrogen-bond donors (Lipinski definition) is 2. The van der Waals surface area contributed by atoms with Gasteiger partial charge < -0.3 is 15.4 Å². The minimum atomic E-state index is -0.278. The van der Waals surface area contributed by atoms with Crippen molar-refractivity contribution in [2.24, 2.45) is 0 Å². The molecule has 2 amide bonds. The summed E-state index contributed by atoms with van der Waals surface area (Å²) in [6.45, 7) is 1.32. The van der Waals surface area contributed by atoms with Crippen molar-refractivity contribution in [2.75, 3.05) is 17.2 Å². The van der Waals surface area contributed by atoms with E-state index in [0.29, 0.717) is 17.1 Å². The van der Waals surface area contributed by atoms with Crippen LogP contribution in [-0.4, -0.2) is 23.4 Å². The van der Waals surface area contributed by atoms with Crippen LogP contribution in [0, 0.1) is 0 Å². The highest BCUT2D eigenvalue weighted by Gasteiger charge is 2.07. The zero-order valence-corrected chi connectivity index (χ0v) is 13.7. The van der Waals surface area contributed by atoms with Crippen molar-refractivity contribution >= 4 is 34.1 Å². The van der Waals surface area contributed by atoms with Crippen molar-refractivity contribution in [3.63, 3.8) is 0 Å². The highest BCUT2D eigenvalue weighted by molar-refractivity contribution is 5.93. The summed E-state index contributed by atoms with van der Waals surface area (Å²) in [5.74, 6) is 0.142. The number of amides is 2. The van der Waals surface area contributed by atoms with Gasteiger partial charge in [0.05, 0.1) is 0 Å². The average Bonchev–Trinajstić information content (AvgIpc) is 2.61. The van der Waals surface area contributed by atoms with E-state index in [4.69, 9.17) is 4.74 Å². The molecule has 0 aliphatic carbocycles. The predicted octanol–water partition coefficient (Wildman–Crippen LogP) is 3.21. The number of anilines is 2. The molecular formula is C19H17N3O3. The Labute approximate surface area is 144 Å². The highest BCUT2D eigenvalue weighted by Crippen LogP contribution is 2.22. The van der Waals surface area contributed by atoms with Gasteiger partial charge in [-0.1, -0.05) is 18.2 Å². The number of ether oxygens (including phenoxy) is 1. The third kappa shape index (κ3) is 4.32. The molecule has 1 heterocycles. The third-order valence-electron chi connectivity index (χ3n) is 3.44. The van der Waals surface area contributed by atoms with Crippen molar-refractivity contribution in [1.29, 1.82) is 0 Å². The molecule has 126 valence electrons. The van der Waals surface area contributed by atoms with E-state index in [0.717, 1.165) is 10.9 Å². The molecule has 0 aliphatic rings. The number of nitrogens with one attached hydrogen (secondary N) is 2. The van der Waals surface area contributed by atoms with Gasteiger partial charge in [0, 0.05) is 29.9 Å². The van der Waals surface area contributed by atoms with Gasteiger partial charge in [-0.05, 0) is 36.4 Å². The topological polar surface area (TPSA) is 80.3 Å². The molecule has 0 atom stereocenters. The fourth-order valence-electron chi connectivity index (χ4n) is 2.37. The lowest BCUT2D eigenvalue weighted by Crippen LogP contribution is -2.20. The molecule has 0 aliphatic heterocycles. The molecule has 3 rings (SSSR count). The van der Waals surface area contributed by atoms with Gasteiger partial charge in [-0.25, -0.2) is 0 Å². The molecule has 0 unspecified atom stereocenters. The number of nitrogens with zero attached hydrogens (tertiary/aromatic N) is 1. The average molecular weight is 335 g/mol. The summed E-state index contributed by atoms with van der Waals surface area (Å²) in [5, 5.41) is 6.36. The Morgan fingerprint density at radius 1 is 0.960 bits per heavy atom. The van der Waals surface area contributed by atoms with Crippen LogP contribution in [0.4, 0.5) is 11.4 Å². The normalized spacial score (nSPS) is 10.3. The molecular weight excluding hydrogens is 318 g/mol. The van der Waals surface area contributed by atoms with E-state index in [1.54, 1.807) is 36.5 Å². The molecule has 6 heteroatoms. The maximum absolute atomic E-state index is 12.1. The Bertz CT molecular complexity index is 902. The number of aromatic nitrogens is 1. The van der Waals surface area contributed by atoms with Gasteiger partial charge in [-0.15, -0.1) is 0 Å². The number of fused-ring (bicyclic) bond motifs is 1. The zero-order chi connectivity index (χ0) is 17.6. The summed E-state index contributed by atoms with van der Waals surface area (Å²) in [7, 11) is 0.